The lowest BCUT2D eigenvalue weighted by Gasteiger charge is -2.51. The maximum Gasteiger partial charge on any atom is 0.249 e. The molecule has 0 saturated carbocycles. The van der Waals surface area contributed by atoms with Gasteiger partial charge in [-0.25, -0.2) is 4.98 Å². The van der Waals surface area contributed by atoms with E-state index < -0.39 is 0 Å². The number of nitrogens with zero attached hydrogens (tertiary/aromatic N) is 3. The highest BCUT2D eigenvalue weighted by Crippen LogP contribution is 2.36. The molecule has 2 saturated heterocycles. The Balaban J connectivity index is 1.41. The largest absolute Gasteiger partial charge is 0.465 e. The van der Waals surface area contributed by atoms with Crippen molar-refractivity contribution in [2.24, 2.45) is 0 Å². The molecule has 4 heterocycles. The van der Waals surface area contributed by atoms with Crippen LogP contribution in [0.3, 0.4) is 0 Å². The molecule has 1 spiro atoms. The van der Waals surface area contributed by atoms with E-state index in [0.29, 0.717) is 6.54 Å². The van der Waals surface area contributed by atoms with Crippen molar-refractivity contribution in [2.45, 2.75) is 58.3 Å². The Morgan fingerprint density at radius 2 is 2.04 bits per heavy atom. The standard InChI is InChI=1S/C20H27N3O3S/c1-14-4-5-18(26-14)11-22-8-6-20(7-9-22)15(2)23(19(24)12-25-20)10-17-13-27-16(3)21-17/h4-5,13,15H,6-12H2,1-3H3. The third-order valence-corrected chi connectivity index (χ3v) is 6.73. The van der Waals surface area contributed by atoms with E-state index in [0.717, 1.165) is 54.7 Å². The number of carbonyl (C=O) groups is 1. The van der Waals surface area contributed by atoms with Crippen LogP contribution in [0.2, 0.25) is 0 Å². The lowest BCUT2D eigenvalue weighted by molar-refractivity contribution is -0.188. The number of carbonyl (C=O) groups excluding carboxylic acids is 1. The van der Waals surface area contributed by atoms with E-state index in [2.05, 4.69) is 22.9 Å². The Labute approximate surface area is 164 Å². The summed E-state index contributed by atoms with van der Waals surface area (Å²) < 4.78 is 11.9. The predicted octanol–water partition coefficient (Wildman–Crippen LogP) is 3.14. The van der Waals surface area contributed by atoms with Crippen molar-refractivity contribution in [1.29, 1.82) is 0 Å². The van der Waals surface area contributed by atoms with E-state index >= 15 is 0 Å². The lowest BCUT2D eigenvalue weighted by Crippen LogP contribution is -2.63. The Morgan fingerprint density at radius 1 is 1.26 bits per heavy atom. The first-order valence-electron chi connectivity index (χ1n) is 9.57. The van der Waals surface area contributed by atoms with Crippen molar-refractivity contribution in [3.8, 4) is 0 Å². The van der Waals surface area contributed by atoms with E-state index in [-0.39, 0.29) is 24.2 Å². The van der Waals surface area contributed by atoms with Gasteiger partial charge in [0, 0.05) is 18.5 Å². The van der Waals surface area contributed by atoms with E-state index in [4.69, 9.17) is 9.15 Å². The van der Waals surface area contributed by atoms with Crippen molar-refractivity contribution < 1.29 is 13.9 Å². The lowest BCUT2D eigenvalue weighted by atomic mass is 9.82. The van der Waals surface area contributed by atoms with Crippen LogP contribution in [0.1, 0.15) is 42.0 Å². The van der Waals surface area contributed by atoms with Crippen LogP contribution in [0.5, 0.6) is 0 Å². The van der Waals surface area contributed by atoms with Crippen LogP contribution < -0.4 is 0 Å². The number of aromatic nitrogens is 1. The number of furan rings is 1. The summed E-state index contributed by atoms with van der Waals surface area (Å²) in [5.74, 6) is 2.03. The van der Waals surface area contributed by atoms with Crippen LogP contribution in [-0.2, 0) is 22.6 Å². The van der Waals surface area contributed by atoms with Gasteiger partial charge in [-0.2, -0.15) is 0 Å². The number of ether oxygens (including phenoxy) is 1. The molecule has 2 aliphatic rings. The van der Waals surface area contributed by atoms with Gasteiger partial charge in [-0.3, -0.25) is 9.69 Å². The first-order valence-corrected chi connectivity index (χ1v) is 10.5. The van der Waals surface area contributed by atoms with Gasteiger partial charge < -0.3 is 14.1 Å². The molecule has 0 N–H and O–H groups in total. The molecule has 2 aromatic rings. The fourth-order valence-corrected chi connectivity index (χ4v) is 4.84. The zero-order valence-electron chi connectivity index (χ0n) is 16.2. The summed E-state index contributed by atoms with van der Waals surface area (Å²) >= 11 is 1.63. The van der Waals surface area contributed by atoms with E-state index in [1.54, 1.807) is 11.3 Å². The minimum Gasteiger partial charge on any atom is -0.465 e. The number of morpholine rings is 1. The Kier molecular flexibility index (Phi) is 5.09. The molecule has 1 unspecified atom stereocenters. The summed E-state index contributed by atoms with van der Waals surface area (Å²) in [5.41, 5.74) is 0.717. The number of likely N-dealkylation sites (tertiary alicyclic amines) is 1. The van der Waals surface area contributed by atoms with E-state index in [1.165, 1.54) is 0 Å². The molecule has 6 nitrogen and oxygen atoms in total. The highest BCUT2D eigenvalue weighted by atomic mass is 32.1. The average Bonchev–Trinajstić information content (AvgIpc) is 3.25. The summed E-state index contributed by atoms with van der Waals surface area (Å²) in [6.45, 7) is 9.57. The molecule has 4 rings (SSSR count). The smallest absolute Gasteiger partial charge is 0.249 e. The molecule has 7 heteroatoms. The molecule has 1 atom stereocenters. The monoisotopic (exact) mass is 389 g/mol. The molecule has 2 aromatic heterocycles. The van der Waals surface area contributed by atoms with Gasteiger partial charge in [0.1, 0.15) is 18.1 Å². The summed E-state index contributed by atoms with van der Waals surface area (Å²) in [6, 6.07) is 4.11. The van der Waals surface area contributed by atoms with Gasteiger partial charge in [0.15, 0.2) is 0 Å². The Morgan fingerprint density at radius 3 is 2.67 bits per heavy atom. The first-order chi connectivity index (χ1) is 12.9. The highest BCUT2D eigenvalue weighted by molar-refractivity contribution is 7.09. The molecule has 2 fully saturated rings. The second kappa shape index (κ2) is 7.37. The third-order valence-electron chi connectivity index (χ3n) is 5.91. The van der Waals surface area contributed by atoms with E-state index in [1.807, 2.05) is 30.2 Å². The van der Waals surface area contributed by atoms with Gasteiger partial charge in [0.2, 0.25) is 5.91 Å². The maximum atomic E-state index is 12.5. The van der Waals surface area contributed by atoms with Gasteiger partial charge in [-0.1, -0.05) is 0 Å². The Bertz CT molecular complexity index is 807. The van der Waals surface area contributed by atoms with Crippen molar-refractivity contribution in [1.82, 2.24) is 14.8 Å². The molecule has 27 heavy (non-hydrogen) atoms. The molecule has 0 aliphatic carbocycles. The predicted molar refractivity (Wildman–Crippen MR) is 104 cm³/mol. The third kappa shape index (κ3) is 3.81. The fraction of sp³-hybridized carbons (Fsp3) is 0.600. The molecule has 1 amide bonds. The van der Waals surface area contributed by atoms with E-state index in [9.17, 15) is 4.79 Å². The fourth-order valence-electron chi connectivity index (χ4n) is 4.23. The summed E-state index contributed by atoms with van der Waals surface area (Å²) in [7, 11) is 0. The zero-order chi connectivity index (χ0) is 19.0. The normalized spacial score (nSPS) is 23.3. The number of piperidine rings is 1. The van der Waals surface area contributed by atoms with Crippen molar-refractivity contribution in [3.63, 3.8) is 0 Å². The summed E-state index contributed by atoms with van der Waals surface area (Å²) in [6.07, 6.45) is 1.85. The highest BCUT2D eigenvalue weighted by Gasteiger charge is 2.48. The van der Waals surface area contributed by atoms with Crippen LogP contribution in [0.25, 0.3) is 0 Å². The van der Waals surface area contributed by atoms with Gasteiger partial charge in [0.05, 0.1) is 35.4 Å². The topological polar surface area (TPSA) is 58.8 Å². The molecule has 2 aliphatic heterocycles. The molecule has 0 bridgehead atoms. The van der Waals surface area contributed by atoms with Gasteiger partial charge in [-0.05, 0) is 45.7 Å². The van der Waals surface area contributed by atoms with Crippen LogP contribution in [0, 0.1) is 13.8 Å². The number of thiazole rings is 1. The molecule has 146 valence electrons. The summed E-state index contributed by atoms with van der Waals surface area (Å²) in [4.78, 5) is 21.4. The maximum absolute atomic E-state index is 12.5. The van der Waals surface area contributed by atoms with Gasteiger partial charge in [-0.15, -0.1) is 11.3 Å². The molecule has 0 radical (unpaired) electrons. The average molecular weight is 390 g/mol. The zero-order valence-corrected chi connectivity index (χ0v) is 17.1. The van der Waals surface area contributed by atoms with Crippen LogP contribution in [-0.4, -0.2) is 52.0 Å². The first kappa shape index (κ1) is 18.7. The van der Waals surface area contributed by atoms with Crippen molar-refractivity contribution in [2.75, 3.05) is 19.7 Å². The van der Waals surface area contributed by atoms with Gasteiger partial charge in [0.25, 0.3) is 0 Å². The van der Waals surface area contributed by atoms with Crippen LogP contribution in [0.15, 0.2) is 21.9 Å². The van der Waals surface area contributed by atoms with Crippen molar-refractivity contribution in [3.05, 3.63) is 39.7 Å². The molecular formula is C20H27N3O3S. The SMILES string of the molecule is Cc1ccc(CN2CCC3(CC2)OCC(=O)N(Cc2csc(C)n2)C3C)o1. The number of hydrogen-bond acceptors (Lipinski definition) is 6. The van der Waals surface area contributed by atoms with Crippen LogP contribution >= 0.6 is 11.3 Å². The quantitative estimate of drug-likeness (QED) is 0.804. The second-order valence-electron chi connectivity index (χ2n) is 7.70. The minimum atomic E-state index is -0.255. The number of amides is 1. The second-order valence-corrected chi connectivity index (χ2v) is 8.76. The number of hydrogen-bond donors (Lipinski definition) is 0. The summed E-state index contributed by atoms with van der Waals surface area (Å²) in [5, 5.41) is 3.08. The molecular weight excluding hydrogens is 362 g/mol. The minimum absolute atomic E-state index is 0.0498. The van der Waals surface area contributed by atoms with Gasteiger partial charge >= 0.3 is 0 Å². The number of rotatable bonds is 4. The molecule has 0 aromatic carbocycles. The van der Waals surface area contributed by atoms with Crippen LogP contribution in [0.4, 0.5) is 0 Å². The van der Waals surface area contributed by atoms with Crippen molar-refractivity contribution >= 4 is 17.2 Å². The number of aryl methyl sites for hydroxylation is 2. The Hall–Kier alpha value is -1.70.